The predicted octanol–water partition coefficient (Wildman–Crippen LogP) is -2.74. The number of aliphatic carboxylic acids is 2. The fraction of sp³-hybridized carbons (Fsp3) is 0.667. The van der Waals surface area contributed by atoms with Crippen LogP contribution in [-0.4, -0.2) is 41.6 Å². The molecule has 6 heteroatoms. The molecule has 0 aliphatic carbocycles. The molecule has 0 spiro atoms. The topological polar surface area (TPSA) is 80.7 Å². The summed E-state index contributed by atoms with van der Waals surface area (Å²) in [7, 11) is 0. The smallest absolute Gasteiger partial charge is 0.549 e. The van der Waals surface area contributed by atoms with Crippen molar-refractivity contribution in [3.63, 3.8) is 0 Å². The first-order valence-electron chi connectivity index (χ1n) is 5.85. The van der Waals surface area contributed by atoms with Crippen molar-refractivity contribution in [3.05, 3.63) is 12.2 Å². The number of carboxylic acid groups (broad SMARTS) is 2. The summed E-state index contributed by atoms with van der Waals surface area (Å²) in [6, 6.07) is 0. The van der Waals surface area contributed by atoms with Crippen LogP contribution in [0, 0.1) is 0 Å². The van der Waals surface area contributed by atoms with E-state index in [4.69, 9.17) is 5.11 Å². The van der Waals surface area contributed by atoms with E-state index < -0.39 is 11.9 Å². The van der Waals surface area contributed by atoms with Gasteiger partial charge in [-0.25, -0.2) is 0 Å². The zero-order chi connectivity index (χ0) is 13.1. The number of rotatable bonds is 10. The van der Waals surface area contributed by atoms with E-state index in [9.17, 15) is 14.7 Å². The molecule has 18 heavy (non-hydrogen) atoms. The Morgan fingerprint density at radius 2 is 1.89 bits per heavy atom. The normalized spacial score (nSPS) is 10.6. The van der Waals surface area contributed by atoms with Crippen LogP contribution >= 0.6 is 0 Å². The molecule has 0 saturated heterocycles. The third-order valence-electron chi connectivity index (χ3n) is 2.22. The monoisotopic (exact) mass is 249 g/mol. The van der Waals surface area contributed by atoms with Crippen LogP contribution in [0.2, 0.25) is 0 Å². The summed E-state index contributed by atoms with van der Waals surface area (Å²) >= 11 is 0. The van der Waals surface area contributed by atoms with E-state index in [-0.39, 0.29) is 32.0 Å². The van der Waals surface area contributed by atoms with Crippen molar-refractivity contribution in [3.8, 4) is 0 Å². The summed E-state index contributed by atoms with van der Waals surface area (Å²) < 4.78 is 0. The number of nitrogens with zero attached hydrogens (tertiary/aromatic N) is 1. The van der Waals surface area contributed by atoms with Gasteiger partial charge in [0.1, 0.15) is 0 Å². The summed E-state index contributed by atoms with van der Waals surface area (Å²) in [6.45, 7) is 1.81. The third-order valence-corrected chi connectivity index (χ3v) is 2.22. The summed E-state index contributed by atoms with van der Waals surface area (Å²) in [5.74, 6) is -2.30. The summed E-state index contributed by atoms with van der Waals surface area (Å²) in [5, 5.41) is 19.0. The van der Waals surface area contributed by atoms with Crippen LogP contribution in [0.5, 0.6) is 0 Å². The number of allylic oxidation sites excluding steroid dienone is 1. The number of hydrogen-bond donors (Lipinski definition) is 1. The Kier molecular flexibility index (Phi) is 13.8. The molecule has 0 aliphatic rings. The number of carbonyl (C=O) groups excluding carboxylic acids is 1. The van der Waals surface area contributed by atoms with Gasteiger partial charge >= 0.3 is 24.8 Å². The first kappa shape index (κ1) is 19.6. The Bertz CT molecular complexity index is 253. The first-order valence-corrected chi connectivity index (χ1v) is 5.85. The molecule has 5 nitrogen and oxygen atoms in total. The van der Waals surface area contributed by atoms with Crippen molar-refractivity contribution in [1.82, 2.24) is 4.90 Å². The SMILES string of the molecule is CCCCC/C=C/CN(CC(=O)[O-])CC(=O)O.[Li+]. The van der Waals surface area contributed by atoms with Crippen molar-refractivity contribution >= 4 is 11.9 Å². The van der Waals surface area contributed by atoms with Gasteiger partial charge in [-0.2, -0.15) is 0 Å². The average Bonchev–Trinajstić information content (AvgIpc) is 2.21. The Morgan fingerprint density at radius 1 is 1.22 bits per heavy atom. The predicted molar refractivity (Wildman–Crippen MR) is 62.4 cm³/mol. The van der Waals surface area contributed by atoms with Crippen molar-refractivity contribution < 1.29 is 38.7 Å². The van der Waals surface area contributed by atoms with Gasteiger partial charge in [-0.15, -0.1) is 0 Å². The van der Waals surface area contributed by atoms with Crippen LogP contribution in [0.15, 0.2) is 12.2 Å². The minimum atomic E-state index is -1.26. The largest absolute Gasteiger partial charge is 1.00 e. The van der Waals surface area contributed by atoms with E-state index in [1.165, 1.54) is 11.3 Å². The molecule has 0 aromatic rings. The van der Waals surface area contributed by atoms with Gasteiger partial charge in [0, 0.05) is 13.1 Å². The van der Waals surface area contributed by atoms with Gasteiger partial charge in [-0.05, 0) is 12.8 Å². The van der Waals surface area contributed by atoms with E-state index in [0.717, 1.165) is 19.3 Å². The average molecular weight is 249 g/mol. The zero-order valence-corrected chi connectivity index (χ0v) is 11.2. The number of carbonyl (C=O) groups is 2. The molecule has 0 aromatic heterocycles. The maximum atomic E-state index is 10.5. The van der Waals surface area contributed by atoms with Crippen molar-refractivity contribution in [1.29, 1.82) is 0 Å². The molecule has 0 rings (SSSR count). The molecular formula is C12H20LiNO4. The molecule has 0 fully saturated rings. The molecule has 0 unspecified atom stereocenters. The van der Waals surface area contributed by atoms with Gasteiger partial charge in [0.25, 0.3) is 0 Å². The molecule has 0 aromatic carbocycles. The van der Waals surface area contributed by atoms with Gasteiger partial charge in [0.05, 0.1) is 12.5 Å². The van der Waals surface area contributed by atoms with Crippen LogP contribution < -0.4 is 24.0 Å². The second-order valence-corrected chi connectivity index (χ2v) is 3.90. The Morgan fingerprint density at radius 3 is 2.39 bits per heavy atom. The van der Waals surface area contributed by atoms with Gasteiger partial charge in [-0.3, -0.25) is 9.69 Å². The standard InChI is InChI=1S/C12H21NO4.Li/c1-2-3-4-5-6-7-8-13(9-11(14)15)10-12(16)17;/h6-7H,2-5,8-10H2,1H3,(H,14,15)(H,16,17);/q;+1/p-1/b7-6+;. The molecule has 0 bridgehead atoms. The minimum absolute atomic E-state index is 0. The first-order chi connectivity index (χ1) is 8.06. The van der Waals surface area contributed by atoms with E-state index in [1.54, 1.807) is 0 Å². The minimum Gasteiger partial charge on any atom is -0.549 e. The zero-order valence-electron chi connectivity index (χ0n) is 11.2. The molecule has 0 aliphatic heterocycles. The van der Waals surface area contributed by atoms with E-state index >= 15 is 0 Å². The maximum absolute atomic E-state index is 10.5. The Balaban J connectivity index is 0. The molecule has 0 saturated carbocycles. The fourth-order valence-corrected chi connectivity index (χ4v) is 1.41. The van der Waals surface area contributed by atoms with Crippen molar-refractivity contribution in [2.24, 2.45) is 0 Å². The van der Waals surface area contributed by atoms with Gasteiger partial charge in [-0.1, -0.05) is 31.9 Å². The second-order valence-electron chi connectivity index (χ2n) is 3.90. The molecule has 0 radical (unpaired) electrons. The quantitative estimate of drug-likeness (QED) is 0.258. The molecule has 1 N–H and O–H groups in total. The molecule has 0 amide bonds. The van der Waals surface area contributed by atoms with Crippen LogP contribution in [-0.2, 0) is 9.59 Å². The number of carboxylic acids is 2. The van der Waals surface area contributed by atoms with Crippen LogP contribution in [0.25, 0.3) is 0 Å². The summed E-state index contributed by atoms with van der Waals surface area (Å²) in [5.41, 5.74) is 0. The molecular weight excluding hydrogens is 229 g/mol. The Hall–Kier alpha value is -0.763. The third kappa shape index (κ3) is 13.3. The van der Waals surface area contributed by atoms with Crippen LogP contribution in [0.4, 0.5) is 0 Å². The Labute approximate surface area is 120 Å². The van der Waals surface area contributed by atoms with Gasteiger partial charge < -0.3 is 15.0 Å². The van der Waals surface area contributed by atoms with Crippen LogP contribution in [0.3, 0.4) is 0 Å². The molecule has 0 atom stereocenters. The van der Waals surface area contributed by atoms with E-state index in [2.05, 4.69) is 6.92 Å². The van der Waals surface area contributed by atoms with Gasteiger partial charge in [0.15, 0.2) is 0 Å². The van der Waals surface area contributed by atoms with E-state index in [1.807, 2.05) is 12.2 Å². The van der Waals surface area contributed by atoms with Crippen molar-refractivity contribution in [2.45, 2.75) is 32.6 Å². The molecule has 0 heterocycles. The van der Waals surface area contributed by atoms with E-state index in [0.29, 0.717) is 6.54 Å². The number of unbranched alkanes of at least 4 members (excludes halogenated alkanes) is 3. The van der Waals surface area contributed by atoms with Crippen LogP contribution in [0.1, 0.15) is 32.6 Å². The maximum Gasteiger partial charge on any atom is 1.00 e. The summed E-state index contributed by atoms with van der Waals surface area (Å²) in [6.07, 6.45) is 8.14. The summed E-state index contributed by atoms with van der Waals surface area (Å²) in [4.78, 5) is 22.2. The molecule has 98 valence electrons. The van der Waals surface area contributed by atoms with Crippen molar-refractivity contribution in [2.75, 3.05) is 19.6 Å². The van der Waals surface area contributed by atoms with Gasteiger partial charge in [0.2, 0.25) is 0 Å². The number of hydrogen-bond acceptors (Lipinski definition) is 4. The second kappa shape index (κ2) is 12.7. The fourth-order valence-electron chi connectivity index (χ4n) is 1.41.